The number of carbonyl (C=O) groups excluding carboxylic acids is 2. The molecule has 1 aromatic heterocycles. The highest BCUT2D eigenvalue weighted by molar-refractivity contribution is 5.96. The lowest BCUT2D eigenvalue weighted by Gasteiger charge is -2.39. The summed E-state index contributed by atoms with van der Waals surface area (Å²) in [5.41, 5.74) is 4.86. The number of fused-ring (bicyclic) bond motifs is 1. The summed E-state index contributed by atoms with van der Waals surface area (Å²) < 4.78 is 21.2. The summed E-state index contributed by atoms with van der Waals surface area (Å²) in [4.78, 5) is 28.9. The molecule has 1 spiro atoms. The first-order valence-electron chi connectivity index (χ1n) is 12.3. The lowest BCUT2D eigenvalue weighted by Crippen LogP contribution is -2.42. The Kier molecular flexibility index (Phi) is 5.55. The van der Waals surface area contributed by atoms with Gasteiger partial charge in [-0.25, -0.2) is 9.18 Å². The van der Waals surface area contributed by atoms with Gasteiger partial charge in [0.1, 0.15) is 18.6 Å². The minimum Gasteiger partial charge on any atom is -0.457 e. The second-order valence-electron chi connectivity index (χ2n) is 10.1. The summed E-state index contributed by atoms with van der Waals surface area (Å²) in [6.45, 7) is 5.85. The molecule has 186 valence electrons. The second-order valence-corrected chi connectivity index (χ2v) is 10.1. The Morgan fingerprint density at radius 2 is 1.97 bits per heavy atom. The molecule has 1 amide bonds. The molecule has 2 fully saturated rings. The van der Waals surface area contributed by atoms with Gasteiger partial charge >= 0.3 is 5.97 Å². The molecule has 9 nitrogen and oxygen atoms in total. The number of aromatic nitrogens is 4. The highest BCUT2D eigenvalue weighted by atomic mass is 19.1. The normalized spacial score (nSPS) is 19.2. The van der Waals surface area contributed by atoms with E-state index in [4.69, 9.17) is 4.74 Å². The molecule has 2 saturated heterocycles. The van der Waals surface area contributed by atoms with Gasteiger partial charge in [-0.1, -0.05) is 6.07 Å². The Bertz CT molecular complexity index is 1330. The lowest BCUT2D eigenvalue weighted by atomic mass is 9.77. The molecule has 3 aromatic rings. The molecule has 0 saturated carbocycles. The molecular weight excluding hydrogens is 463 g/mol. The van der Waals surface area contributed by atoms with E-state index in [0.717, 1.165) is 50.0 Å². The molecule has 0 unspecified atom stereocenters. The van der Waals surface area contributed by atoms with Crippen LogP contribution in [0.15, 0.2) is 36.7 Å². The van der Waals surface area contributed by atoms with E-state index in [9.17, 15) is 14.0 Å². The number of ether oxygens (including phenoxy) is 1. The van der Waals surface area contributed by atoms with Gasteiger partial charge in [0.05, 0.1) is 5.56 Å². The fourth-order valence-electron chi connectivity index (χ4n) is 5.79. The number of cyclic esters (lactones) is 1. The van der Waals surface area contributed by atoms with Crippen molar-refractivity contribution in [2.45, 2.75) is 39.2 Å². The number of hydrogen-bond donors (Lipinski definition) is 0. The molecule has 36 heavy (non-hydrogen) atoms. The fraction of sp³-hybridized carbons (Fsp3) is 0.423. The van der Waals surface area contributed by atoms with Gasteiger partial charge < -0.3 is 14.5 Å². The van der Waals surface area contributed by atoms with Gasteiger partial charge in [0.25, 0.3) is 0 Å². The van der Waals surface area contributed by atoms with Crippen LogP contribution in [0.2, 0.25) is 0 Å². The van der Waals surface area contributed by atoms with Crippen LogP contribution in [0.3, 0.4) is 0 Å². The predicted molar refractivity (Wildman–Crippen MR) is 128 cm³/mol. The maximum atomic E-state index is 14.7. The Balaban J connectivity index is 1.08. The van der Waals surface area contributed by atoms with E-state index in [2.05, 4.69) is 27.3 Å². The van der Waals surface area contributed by atoms with Crippen LogP contribution in [0.1, 0.15) is 46.3 Å². The second kappa shape index (κ2) is 8.77. The largest absolute Gasteiger partial charge is 0.457 e. The van der Waals surface area contributed by atoms with E-state index in [0.29, 0.717) is 30.8 Å². The molecule has 0 N–H and O–H groups in total. The number of benzene rings is 2. The number of rotatable bonds is 5. The average molecular weight is 491 g/mol. The molecule has 0 atom stereocenters. The number of tetrazole rings is 1. The molecule has 2 aromatic carbocycles. The molecule has 4 heterocycles. The molecule has 3 aliphatic heterocycles. The van der Waals surface area contributed by atoms with Crippen LogP contribution < -0.4 is 4.90 Å². The molecule has 0 radical (unpaired) electrons. The van der Waals surface area contributed by atoms with Gasteiger partial charge in [0.2, 0.25) is 5.91 Å². The number of hydrogen-bond acceptors (Lipinski definition) is 7. The highest BCUT2D eigenvalue weighted by Crippen LogP contribution is 2.43. The number of amides is 1. The average Bonchev–Trinajstić information content (AvgIpc) is 3.60. The number of anilines is 1. The summed E-state index contributed by atoms with van der Waals surface area (Å²) >= 11 is 0. The summed E-state index contributed by atoms with van der Waals surface area (Å²) in [6.07, 6.45) is 4.62. The van der Waals surface area contributed by atoms with Gasteiger partial charge in [-0.3, -0.25) is 4.79 Å². The smallest absolute Gasteiger partial charge is 0.338 e. The van der Waals surface area contributed by atoms with E-state index in [-0.39, 0.29) is 23.0 Å². The summed E-state index contributed by atoms with van der Waals surface area (Å²) in [6, 6.07) is 8.67. The topological polar surface area (TPSA) is 93.5 Å². The summed E-state index contributed by atoms with van der Waals surface area (Å²) in [5, 5.41) is 10.8. The molecule has 6 rings (SSSR count). The minimum absolute atomic E-state index is 0.0450. The number of esters is 1. The number of carbonyl (C=O) groups is 2. The van der Waals surface area contributed by atoms with Gasteiger partial charge in [-0.15, -0.1) is 5.10 Å². The Hall–Kier alpha value is -3.66. The van der Waals surface area contributed by atoms with E-state index in [1.165, 1.54) is 22.6 Å². The zero-order valence-electron chi connectivity index (χ0n) is 20.1. The van der Waals surface area contributed by atoms with Gasteiger partial charge in [0, 0.05) is 30.8 Å². The lowest BCUT2D eigenvalue weighted by molar-refractivity contribution is -0.118. The van der Waals surface area contributed by atoms with Crippen molar-refractivity contribution in [3.05, 3.63) is 64.7 Å². The fourth-order valence-corrected chi connectivity index (χ4v) is 5.79. The van der Waals surface area contributed by atoms with E-state index < -0.39 is 5.82 Å². The van der Waals surface area contributed by atoms with Gasteiger partial charge in [-0.05, 0) is 90.5 Å². The first-order chi connectivity index (χ1) is 17.4. The summed E-state index contributed by atoms with van der Waals surface area (Å²) in [5.74, 6) is -0.656. The van der Waals surface area contributed by atoms with E-state index in [1.54, 1.807) is 17.0 Å². The van der Waals surface area contributed by atoms with Crippen molar-refractivity contribution in [2.24, 2.45) is 5.41 Å². The quantitative estimate of drug-likeness (QED) is 0.508. The van der Waals surface area contributed by atoms with Crippen LogP contribution >= 0.6 is 0 Å². The third-order valence-electron chi connectivity index (χ3n) is 8.05. The monoisotopic (exact) mass is 490 g/mol. The third-order valence-corrected chi connectivity index (χ3v) is 8.05. The van der Waals surface area contributed by atoms with Crippen molar-refractivity contribution >= 4 is 17.6 Å². The zero-order valence-corrected chi connectivity index (χ0v) is 20.1. The predicted octanol–water partition coefficient (Wildman–Crippen LogP) is 2.84. The van der Waals surface area contributed by atoms with Crippen LogP contribution in [0.25, 0.3) is 5.69 Å². The maximum absolute atomic E-state index is 14.7. The molecule has 10 heteroatoms. The van der Waals surface area contributed by atoms with Crippen molar-refractivity contribution < 1.29 is 18.7 Å². The van der Waals surface area contributed by atoms with Crippen molar-refractivity contribution in [1.29, 1.82) is 0 Å². The van der Waals surface area contributed by atoms with Gasteiger partial charge in [-0.2, -0.15) is 4.68 Å². The minimum atomic E-state index is -0.471. The standard InChI is InChI=1S/C26H27FN6O3/c1-17-18(2-4-20-21(17)14-36-25(20)35)6-9-31-10-7-26(8-11-31)13-24(34)32(15-26)19-3-5-23(22(27)12-19)33-16-28-29-30-33/h2-5,12,16H,6-11,13-15H2,1H3. The first-order valence-corrected chi connectivity index (χ1v) is 12.3. The first kappa shape index (κ1) is 22.8. The van der Waals surface area contributed by atoms with Crippen molar-refractivity contribution in [3.8, 4) is 5.69 Å². The van der Waals surface area contributed by atoms with Gasteiger partial charge in [0.15, 0.2) is 5.82 Å². The van der Waals surface area contributed by atoms with Crippen LogP contribution in [0.4, 0.5) is 10.1 Å². The van der Waals surface area contributed by atoms with Crippen molar-refractivity contribution in [2.75, 3.05) is 31.1 Å². The molecule has 0 aliphatic carbocycles. The molecule has 3 aliphatic rings. The Labute approximate surface area is 207 Å². The van der Waals surface area contributed by atoms with Crippen LogP contribution in [0, 0.1) is 18.2 Å². The van der Waals surface area contributed by atoms with Crippen LogP contribution in [-0.2, 0) is 22.6 Å². The summed E-state index contributed by atoms with van der Waals surface area (Å²) in [7, 11) is 0. The molecular formula is C26H27FN6O3. The zero-order chi connectivity index (χ0) is 24.9. The highest BCUT2D eigenvalue weighted by Gasteiger charge is 2.45. The number of halogens is 1. The Morgan fingerprint density at radius 3 is 2.72 bits per heavy atom. The number of piperidine rings is 1. The Morgan fingerprint density at radius 1 is 1.14 bits per heavy atom. The van der Waals surface area contributed by atoms with E-state index in [1.807, 2.05) is 12.1 Å². The third kappa shape index (κ3) is 3.95. The van der Waals surface area contributed by atoms with E-state index >= 15 is 0 Å². The van der Waals surface area contributed by atoms with Crippen LogP contribution in [-0.4, -0.2) is 63.2 Å². The van der Waals surface area contributed by atoms with Crippen LogP contribution in [0.5, 0.6) is 0 Å². The van der Waals surface area contributed by atoms with Crippen molar-refractivity contribution in [3.63, 3.8) is 0 Å². The molecule has 0 bridgehead atoms. The SMILES string of the molecule is Cc1c(CCN2CCC3(CC2)CC(=O)N(c2ccc(-n4cnnn4)c(F)c2)C3)ccc2c1COC2=O. The van der Waals surface area contributed by atoms with Crippen molar-refractivity contribution in [1.82, 2.24) is 25.1 Å². The number of nitrogens with zero attached hydrogens (tertiary/aromatic N) is 6. The number of likely N-dealkylation sites (tertiary alicyclic amines) is 1. The maximum Gasteiger partial charge on any atom is 0.338 e.